The molecule has 0 heterocycles. The number of carbonyl (C=O) groups is 3. The van der Waals surface area contributed by atoms with Gasteiger partial charge < -0.3 is 16.6 Å². The molecule has 0 bridgehead atoms. The monoisotopic (exact) mass is 406 g/mol. The van der Waals surface area contributed by atoms with Crippen molar-refractivity contribution in [1.82, 2.24) is 0 Å². The highest BCUT2D eigenvalue weighted by Crippen LogP contribution is 2.34. The van der Waals surface area contributed by atoms with Crippen LogP contribution in [-0.4, -0.2) is 52.1 Å². The molecule has 0 aromatic carbocycles. The van der Waals surface area contributed by atoms with E-state index in [-0.39, 0.29) is 48.1 Å². The normalized spacial score (nSPS) is 17.9. The molecule has 0 aliphatic carbocycles. The van der Waals surface area contributed by atoms with Crippen molar-refractivity contribution in [2.24, 2.45) is 22.3 Å². The van der Waals surface area contributed by atoms with Gasteiger partial charge in [0.2, 0.25) is 0 Å². The third-order valence-electron chi connectivity index (χ3n) is 4.74. The highest BCUT2D eigenvalue weighted by atomic mass is 32.1. The first-order chi connectivity index (χ1) is 11.8. The Morgan fingerprint density at radius 3 is 1.88 bits per heavy atom. The number of aliphatic hydroxyl groups is 1. The summed E-state index contributed by atoms with van der Waals surface area (Å²) in [7, 11) is 0. The quantitative estimate of drug-likeness (QED) is 0.293. The van der Waals surface area contributed by atoms with E-state index in [1.807, 2.05) is 0 Å². The highest BCUT2D eigenvalue weighted by molar-refractivity contribution is 7.80. The zero-order chi connectivity index (χ0) is 20.7. The van der Waals surface area contributed by atoms with Crippen molar-refractivity contribution in [1.29, 1.82) is 0 Å². The Kier molecular flexibility index (Phi) is 10.6. The van der Waals surface area contributed by atoms with Crippen LogP contribution >= 0.6 is 25.3 Å². The Hall–Kier alpha value is -0.410. The first-order valence-electron chi connectivity index (χ1n) is 8.79. The van der Waals surface area contributed by atoms with Crippen LogP contribution in [-0.2, 0) is 14.4 Å². The summed E-state index contributed by atoms with van der Waals surface area (Å²) in [5, 5.41) is 10.4. The van der Waals surface area contributed by atoms with E-state index in [2.05, 4.69) is 25.3 Å². The van der Waals surface area contributed by atoms with Gasteiger partial charge in [0.25, 0.3) is 0 Å². The average Bonchev–Trinajstić information content (AvgIpc) is 2.56. The zero-order valence-electron chi connectivity index (χ0n) is 16.2. The molecule has 152 valence electrons. The topological polar surface area (TPSA) is 123 Å². The smallest absolute Gasteiger partial charge is 0.156 e. The van der Waals surface area contributed by atoms with Gasteiger partial charge in [-0.15, -0.1) is 0 Å². The van der Waals surface area contributed by atoms with E-state index in [0.717, 1.165) is 0 Å². The second-order valence-corrected chi connectivity index (χ2v) is 8.76. The number of Topliss-reactive ketones (excluding diaryl/α,β-unsaturated/α-hetero) is 3. The molecule has 0 fully saturated rings. The lowest BCUT2D eigenvalue weighted by Gasteiger charge is -2.32. The minimum atomic E-state index is -0.954. The average molecular weight is 407 g/mol. The van der Waals surface area contributed by atoms with Crippen molar-refractivity contribution in [2.75, 3.05) is 11.5 Å². The zero-order valence-corrected chi connectivity index (χ0v) is 18.0. The number of carbonyl (C=O) groups excluding carboxylic acids is 3. The molecular formula is C18H34N2O4S2. The second kappa shape index (κ2) is 10.8. The Morgan fingerprint density at radius 1 is 1.00 bits per heavy atom. The summed E-state index contributed by atoms with van der Waals surface area (Å²) in [6.45, 7) is 6.59. The van der Waals surface area contributed by atoms with Crippen molar-refractivity contribution in [3.05, 3.63) is 0 Å². The van der Waals surface area contributed by atoms with Crippen LogP contribution in [0.3, 0.4) is 0 Å². The van der Waals surface area contributed by atoms with Crippen molar-refractivity contribution in [3.8, 4) is 0 Å². The van der Waals surface area contributed by atoms with E-state index in [0.29, 0.717) is 6.42 Å². The number of hydrogen-bond acceptors (Lipinski definition) is 8. The van der Waals surface area contributed by atoms with Gasteiger partial charge in [-0.3, -0.25) is 14.4 Å². The van der Waals surface area contributed by atoms with E-state index < -0.39 is 29.0 Å². The molecular weight excluding hydrogens is 372 g/mol. The molecule has 0 aromatic rings. The molecule has 0 aliphatic rings. The SMILES string of the molecule is CC(=O)CC(C)(CCC(O)CC(C)(C)C(=O)[C@@H](N)CS)C(=O)[C@@H](N)CS. The minimum Gasteiger partial charge on any atom is -0.393 e. The van der Waals surface area contributed by atoms with E-state index in [1.54, 1.807) is 20.8 Å². The maximum atomic E-state index is 12.6. The van der Waals surface area contributed by atoms with Gasteiger partial charge in [-0.2, -0.15) is 25.3 Å². The van der Waals surface area contributed by atoms with Crippen LogP contribution in [0.5, 0.6) is 0 Å². The van der Waals surface area contributed by atoms with Crippen LogP contribution in [0.4, 0.5) is 0 Å². The largest absolute Gasteiger partial charge is 0.393 e. The molecule has 8 heteroatoms. The van der Waals surface area contributed by atoms with Crippen LogP contribution in [0.15, 0.2) is 0 Å². The molecule has 0 rings (SSSR count). The van der Waals surface area contributed by atoms with Crippen molar-refractivity contribution in [2.45, 2.75) is 71.6 Å². The molecule has 0 saturated carbocycles. The number of aliphatic hydroxyl groups excluding tert-OH is 1. The number of thiol groups is 2. The van der Waals surface area contributed by atoms with Crippen molar-refractivity contribution in [3.63, 3.8) is 0 Å². The lowest BCUT2D eigenvalue weighted by atomic mass is 9.73. The van der Waals surface area contributed by atoms with Crippen LogP contribution in [0.2, 0.25) is 0 Å². The Morgan fingerprint density at radius 2 is 1.46 bits per heavy atom. The minimum absolute atomic E-state index is 0.0624. The molecule has 26 heavy (non-hydrogen) atoms. The standard InChI is InChI=1S/C18H34N2O4S2/c1-11(21)7-18(4,16(24)14(20)10-26)6-5-12(22)8-17(2,3)15(23)13(19)9-25/h12-14,22,25-26H,5-10,19-20H2,1-4H3/t12?,13-,14-,18?/m0/s1. The number of nitrogens with two attached hydrogens (primary N) is 2. The van der Waals surface area contributed by atoms with Crippen LogP contribution < -0.4 is 11.5 Å². The molecule has 2 unspecified atom stereocenters. The Bertz CT molecular complexity index is 513. The Labute approximate surface area is 167 Å². The first-order valence-corrected chi connectivity index (χ1v) is 10.1. The molecule has 0 aromatic heterocycles. The summed E-state index contributed by atoms with van der Waals surface area (Å²) < 4.78 is 0. The molecule has 0 radical (unpaired) electrons. The fraction of sp³-hybridized carbons (Fsp3) is 0.833. The summed E-state index contributed by atoms with van der Waals surface area (Å²) in [5.41, 5.74) is 9.81. The van der Waals surface area contributed by atoms with Gasteiger partial charge in [-0.25, -0.2) is 0 Å². The molecule has 4 atom stereocenters. The maximum absolute atomic E-state index is 12.6. The van der Waals surface area contributed by atoms with Gasteiger partial charge in [0.15, 0.2) is 11.6 Å². The second-order valence-electron chi connectivity index (χ2n) is 8.03. The van der Waals surface area contributed by atoms with Crippen LogP contribution in [0, 0.1) is 10.8 Å². The lowest BCUT2D eigenvalue weighted by Crippen LogP contribution is -2.45. The number of hydrogen-bond donors (Lipinski definition) is 5. The first kappa shape index (κ1) is 25.6. The highest BCUT2D eigenvalue weighted by Gasteiger charge is 2.38. The summed E-state index contributed by atoms with van der Waals surface area (Å²) in [6, 6.07) is -1.44. The van der Waals surface area contributed by atoms with Crippen molar-refractivity contribution >= 4 is 42.6 Å². The number of rotatable bonds is 13. The fourth-order valence-electron chi connectivity index (χ4n) is 3.24. The third-order valence-corrected chi connectivity index (χ3v) is 5.53. The Balaban J connectivity index is 5.05. The third kappa shape index (κ3) is 7.68. The summed E-state index contributed by atoms with van der Waals surface area (Å²) in [4.78, 5) is 36.5. The predicted molar refractivity (Wildman–Crippen MR) is 111 cm³/mol. The van der Waals surface area contributed by atoms with Crippen LogP contribution in [0.25, 0.3) is 0 Å². The molecule has 0 amide bonds. The summed E-state index contributed by atoms with van der Waals surface area (Å²) >= 11 is 8.10. The van der Waals surface area contributed by atoms with Crippen LogP contribution in [0.1, 0.15) is 53.4 Å². The van der Waals surface area contributed by atoms with Gasteiger partial charge in [-0.05, 0) is 26.2 Å². The molecule has 0 aliphatic heterocycles. The fourth-order valence-corrected chi connectivity index (χ4v) is 3.57. The molecule has 5 N–H and O–H groups in total. The molecule has 0 spiro atoms. The van der Waals surface area contributed by atoms with Gasteiger partial charge >= 0.3 is 0 Å². The lowest BCUT2D eigenvalue weighted by molar-refractivity contribution is -0.134. The summed E-state index contributed by atoms with van der Waals surface area (Å²) in [5.74, 6) is -0.0751. The van der Waals surface area contributed by atoms with E-state index in [1.165, 1.54) is 6.92 Å². The van der Waals surface area contributed by atoms with E-state index in [9.17, 15) is 19.5 Å². The van der Waals surface area contributed by atoms with E-state index >= 15 is 0 Å². The number of ketones is 3. The van der Waals surface area contributed by atoms with Gasteiger partial charge in [-0.1, -0.05) is 20.8 Å². The van der Waals surface area contributed by atoms with Gasteiger partial charge in [0.1, 0.15) is 5.78 Å². The molecule has 6 nitrogen and oxygen atoms in total. The molecule has 0 saturated heterocycles. The van der Waals surface area contributed by atoms with Gasteiger partial charge in [0.05, 0.1) is 18.2 Å². The maximum Gasteiger partial charge on any atom is 0.156 e. The van der Waals surface area contributed by atoms with Crippen molar-refractivity contribution < 1.29 is 19.5 Å². The van der Waals surface area contributed by atoms with Gasteiger partial charge in [0, 0.05) is 28.8 Å². The summed E-state index contributed by atoms with van der Waals surface area (Å²) in [6.07, 6.45) is 0.0641. The predicted octanol–water partition coefficient (Wildman–Crippen LogP) is 1.18. The van der Waals surface area contributed by atoms with E-state index in [4.69, 9.17) is 11.5 Å².